The predicted octanol–water partition coefficient (Wildman–Crippen LogP) is 5.53. The van der Waals surface area contributed by atoms with E-state index < -0.39 is 21.9 Å². The van der Waals surface area contributed by atoms with E-state index >= 15 is 0 Å². The zero-order valence-corrected chi connectivity index (χ0v) is 27.3. The first-order chi connectivity index (χ1) is 22.6. The number of aryl methyl sites for hydroxylation is 1. The summed E-state index contributed by atoms with van der Waals surface area (Å²) < 4.78 is 38.4. The van der Waals surface area contributed by atoms with Crippen LogP contribution in [-0.4, -0.2) is 60.1 Å². The van der Waals surface area contributed by atoms with Crippen molar-refractivity contribution in [3.63, 3.8) is 0 Å². The standard InChI is InChI=1S/C35H39N5O6S/c1-23-7-3-12-32(24(23)2)46-15-6-13-33(41)40-22-26-18-30(26)34-29(10-5-11-31(34)40)27-19-37-39(21-27)20-25-8-4-9-28(17-25)38-35(42)36-14-16-47(43,44)45/h3-5,7-12,17,19,21,26,30H,6,13-16,18,20,22H2,1-2H3,(H2,36,38,42)(H,43,44,45). The Bertz CT molecular complexity index is 1910. The quantitative estimate of drug-likeness (QED) is 0.134. The number of nitrogens with zero attached hydrogens (tertiary/aromatic N) is 3. The molecule has 1 saturated carbocycles. The maximum absolute atomic E-state index is 13.5. The van der Waals surface area contributed by atoms with Gasteiger partial charge in [0.05, 0.1) is 25.1 Å². The lowest BCUT2D eigenvalue weighted by Crippen LogP contribution is -2.36. The van der Waals surface area contributed by atoms with Crippen molar-refractivity contribution in [2.45, 2.75) is 45.6 Å². The van der Waals surface area contributed by atoms with Crippen LogP contribution in [0.4, 0.5) is 16.2 Å². The third kappa shape index (κ3) is 7.83. The molecular formula is C35H39N5O6S. The van der Waals surface area contributed by atoms with E-state index in [1.165, 1.54) is 11.1 Å². The third-order valence-corrected chi connectivity index (χ3v) is 9.57. The highest BCUT2D eigenvalue weighted by molar-refractivity contribution is 7.85. The van der Waals surface area contributed by atoms with Crippen LogP contribution in [0.25, 0.3) is 11.1 Å². The van der Waals surface area contributed by atoms with Crippen molar-refractivity contribution in [2.24, 2.45) is 5.92 Å². The van der Waals surface area contributed by atoms with Crippen molar-refractivity contribution in [3.8, 4) is 16.9 Å². The van der Waals surface area contributed by atoms with E-state index in [0.29, 0.717) is 43.5 Å². The van der Waals surface area contributed by atoms with Crippen LogP contribution in [0.2, 0.25) is 0 Å². The fourth-order valence-corrected chi connectivity index (χ4v) is 6.58. The van der Waals surface area contributed by atoms with E-state index in [1.807, 2.05) is 58.4 Å². The van der Waals surface area contributed by atoms with Gasteiger partial charge in [-0.1, -0.05) is 36.4 Å². The normalized spacial score (nSPS) is 16.6. The monoisotopic (exact) mass is 657 g/mol. The van der Waals surface area contributed by atoms with Gasteiger partial charge in [-0.2, -0.15) is 13.5 Å². The topological polar surface area (TPSA) is 143 Å². The Balaban J connectivity index is 1.09. The molecule has 3 N–H and O–H groups in total. The van der Waals surface area contributed by atoms with Crippen LogP contribution in [-0.2, 0) is 21.5 Å². The number of benzene rings is 3. The Morgan fingerprint density at radius 2 is 1.89 bits per heavy atom. The Kier molecular flexibility index (Phi) is 9.33. The maximum Gasteiger partial charge on any atom is 0.319 e. The number of carbonyl (C=O) groups excluding carboxylic acids is 2. The largest absolute Gasteiger partial charge is 0.493 e. The van der Waals surface area contributed by atoms with E-state index in [0.717, 1.165) is 46.7 Å². The molecule has 1 aromatic heterocycles. The summed E-state index contributed by atoms with van der Waals surface area (Å²) in [5.41, 5.74) is 8.04. The molecule has 0 spiro atoms. The van der Waals surface area contributed by atoms with Gasteiger partial charge < -0.3 is 20.3 Å². The van der Waals surface area contributed by atoms with Crippen molar-refractivity contribution < 1.29 is 27.3 Å². The highest BCUT2D eigenvalue weighted by Crippen LogP contribution is 2.57. The molecular weight excluding hydrogens is 618 g/mol. The van der Waals surface area contributed by atoms with Gasteiger partial charge in [0.25, 0.3) is 10.1 Å². The van der Waals surface area contributed by atoms with Crippen LogP contribution >= 0.6 is 0 Å². The summed E-state index contributed by atoms with van der Waals surface area (Å²) in [6.07, 6.45) is 5.99. The number of carbonyl (C=O) groups is 2. The van der Waals surface area contributed by atoms with Crippen molar-refractivity contribution in [3.05, 3.63) is 95.3 Å². The maximum atomic E-state index is 13.5. The number of anilines is 2. The van der Waals surface area contributed by atoms with E-state index in [2.05, 4.69) is 47.8 Å². The smallest absolute Gasteiger partial charge is 0.319 e. The molecule has 3 amide bonds. The van der Waals surface area contributed by atoms with Gasteiger partial charge in [0.1, 0.15) is 5.75 Å². The minimum absolute atomic E-state index is 0.120. The number of hydrogen-bond acceptors (Lipinski definition) is 6. The summed E-state index contributed by atoms with van der Waals surface area (Å²) in [6, 6.07) is 18.9. The molecule has 12 heteroatoms. The highest BCUT2D eigenvalue weighted by atomic mass is 32.2. The Morgan fingerprint density at radius 3 is 2.72 bits per heavy atom. The number of aromatic nitrogens is 2. The van der Waals surface area contributed by atoms with Gasteiger partial charge in [-0.3, -0.25) is 14.0 Å². The number of amides is 3. The summed E-state index contributed by atoms with van der Waals surface area (Å²) in [6.45, 7) is 5.62. The van der Waals surface area contributed by atoms with Crippen molar-refractivity contribution in [1.82, 2.24) is 15.1 Å². The van der Waals surface area contributed by atoms with E-state index in [4.69, 9.17) is 9.29 Å². The fourth-order valence-electron chi connectivity index (χ4n) is 6.22. The Morgan fingerprint density at radius 1 is 1.09 bits per heavy atom. The fraction of sp³-hybridized carbons (Fsp3) is 0.343. The summed E-state index contributed by atoms with van der Waals surface area (Å²) in [5.74, 6) is 1.33. The van der Waals surface area contributed by atoms with Crippen LogP contribution in [0, 0.1) is 19.8 Å². The molecule has 0 bridgehead atoms. The first kappa shape index (κ1) is 32.3. The van der Waals surface area contributed by atoms with E-state index in [9.17, 15) is 18.0 Å². The first-order valence-corrected chi connectivity index (χ1v) is 17.4. The minimum Gasteiger partial charge on any atom is -0.493 e. The van der Waals surface area contributed by atoms with E-state index in [-0.39, 0.29) is 12.5 Å². The molecule has 2 unspecified atom stereocenters. The molecule has 1 aliphatic heterocycles. The van der Waals surface area contributed by atoms with Gasteiger partial charge >= 0.3 is 6.03 Å². The van der Waals surface area contributed by atoms with Gasteiger partial charge in [-0.05, 0) is 90.6 Å². The summed E-state index contributed by atoms with van der Waals surface area (Å²) >= 11 is 0. The lowest BCUT2D eigenvalue weighted by Gasteiger charge is -2.30. The van der Waals surface area contributed by atoms with Crippen LogP contribution in [0.15, 0.2) is 73.1 Å². The molecule has 0 radical (unpaired) electrons. The summed E-state index contributed by atoms with van der Waals surface area (Å²) in [5, 5.41) is 9.69. The first-order valence-electron chi connectivity index (χ1n) is 15.8. The zero-order chi connectivity index (χ0) is 33.1. The SMILES string of the molecule is Cc1cccc(OCCCC(=O)N2CC3CC3c3c(-c4cnn(Cc5cccc(NC(=O)NCCS(=O)(=O)O)c5)c4)cccc32)c1C. The van der Waals surface area contributed by atoms with Crippen LogP contribution in [0.1, 0.15) is 47.4 Å². The number of urea groups is 1. The van der Waals surface area contributed by atoms with Crippen molar-refractivity contribution in [2.75, 3.05) is 35.7 Å². The van der Waals surface area contributed by atoms with Crippen molar-refractivity contribution in [1.29, 1.82) is 0 Å². The molecule has 11 nitrogen and oxygen atoms in total. The number of ether oxygens (including phenoxy) is 1. The molecule has 246 valence electrons. The van der Waals surface area contributed by atoms with Gasteiger partial charge in [-0.15, -0.1) is 0 Å². The third-order valence-electron chi connectivity index (χ3n) is 8.85. The van der Waals surface area contributed by atoms with Crippen LogP contribution in [0.5, 0.6) is 5.75 Å². The number of fused-ring (bicyclic) bond motifs is 3. The summed E-state index contributed by atoms with van der Waals surface area (Å²) in [7, 11) is -4.15. The van der Waals surface area contributed by atoms with Gasteiger partial charge in [0.2, 0.25) is 5.91 Å². The molecule has 0 saturated heterocycles. The van der Waals surface area contributed by atoms with Crippen molar-refractivity contribution >= 4 is 33.4 Å². The molecule has 6 rings (SSSR count). The highest BCUT2D eigenvalue weighted by Gasteiger charge is 2.47. The molecule has 1 aliphatic carbocycles. The second-order valence-corrected chi connectivity index (χ2v) is 13.9. The molecule has 2 atom stereocenters. The van der Waals surface area contributed by atoms with Gasteiger partial charge in [0.15, 0.2) is 0 Å². The molecule has 3 aromatic carbocycles. The van der Waals surface area contributed by atoms with Crippen LogP contribution < -0.4 is 20.3 Å². The number of nitrogens with one attached hydrogen (secondary N) is 2. The minimum atomic E-state index is -4.15. The molecule has 2 aliphatic rings. The molecule has 47 heavy (non-hydrogen) atoms. The number of hydrogen-bond donors (Lipinski definition) is 3. The predicted molar refractivity (Wildman–Crippen MR) is 180 cm³/mol. The lowest BCUT2D eigenvalue weighted by atomic mass is 9.92. The average molecular weight is 658 g/mol. The van der Waals surface area contributed by atoms with E-state index in [1.54, 1.807) is 6.07 Å². The zero-order valence-electron chi connectivity index (χ0n) is 26.5. The van der Waals surface area contributed by atoms with Gasteiger partial charge in [0, 0.05) is 42.6 Å². The van der Waals surface area contributed by atoms with Crippen LogP contribution in [0.3, 0.4) is 0 Å². The molecule has 2 heterocycles. The Hall–Kier alpha value is -4.68. The lowest BCUT2D eigenvalue weighted by molar-refractivity contribution is -0.119. The summed E-state index contributed by atoms with van der Waals surface area (Å²) in [4.78, 5) is 27.6. The number of rotatable bonds is 12. The second-order valence-electron chi connectivity index (χ2n) is 12.3. The second kappa shape index (κ2) is 13.6. The molecule has 1 fully saturated rings. The Labute approximate surface area is 274 Å². The molecule has 4 aromatic rings. The van der Waals surface area contributed by atoms with Gasteiger partial charge in [-0.25, -0.2) is 4.79 Å². The average Bonchev–Trinajstić information content (AvgIpc) is 3.68.